The zero-order valence-electron chi connectivity index (χ0n) is 10.6. The predicted octanol–water partition coefficient (Wildman–Crippen LogP) is 0.975. The summed E-state index contributed by atoms with van der Waals surface area (Å²) in [6, 6.07) is 1.35. The topological polar surface area (TPSA) is 71.3 Å². The van der Waals surface area contributed by atoms with Crippen LogP contribution in [0.5, 0.6) is 0 Å². The van der Waals surface area contributed by atoms with Gasteiger partial charge < -0.3 is 10.5 Å². The van der Waals surface area contributed by atoms with Crippen molar-refractivity contribution in [3.63, 3.8) is 0 Å². The Hall–Kier alpha value is -1.78. The molecule has 17 heavy (non-hydrogen) atoms. The van der Waals surface area contributed by atoms with Gasteiger partial charge in [-0.25, -0.2) is 0 Å². The van der Waals surface area contributed by atoms with Gasteiger partial charge in [-0.15, -0.1) is 0 Å². The molecule has 0 bridgehead atoms. The summed E-state index contributed by atoms with van der Waals surface area (Å²) < 4.78 is 0.957. The van der Waals surface area contributed by atoms with Crippen molar-refractivity contribution in [2.75, 3.05) is 0 Å². The molecule has 0 saturated carbocycles. The van der Waals surface area contributed by atoms with E-state index in [2.05, 4.69) is 5.32 Å². The van der Waals surface area contributed by atoms with Crippen LogP contribution in [0, 0.1) is 19.8 Å². The highest BCUT2D eigenvalue weighted by molar-refractivity contribution is 5.77. The van der Waals surface area contributed by atoms with Gasteiger partial charge in [0.2, 0.25) is 5.91 Å². The molecule has 1 aromatic heterocycles. The second-order valence-corrected chi connectivity index (χ2v) is 4.40. The molecule has 5 nitrogen and oxygen atoms in total. The van der Waals surface area contributed by atoms with Crippen molar-refractivity contribution < 1.29 is 10.0 Å². The quantitative estimate of drug-likeness (QED) is 0.771. The van der Waals surface area contributed by atoms with Crippen molar-refractivity contribution in [3.05, 3.63) is 33.2 Å². The standard InChI is InChI=1S/C12H18N2O3/c1-7(2)12(16)13-6-10-9(4)14(17)8(3)5-11(10)15/h5,7,17H,6H2,1-4H3,(H,13,16). The Labute approximate surface area is 100 Å². The van der Waals surface area contributed by atoms with Gasteiger partial charge in [-0.05, 0) is 13.8 Å². The minimum atomic E-state index is -0.172. The molecular formula is C12H18N2O3. The SMILES string of the molecule is Cc1cc(=O)c(CNC(=O)C(C)C)c(C)n1O. The van der Waals surface area contributed by atoms with E-state index in [-0.39, 0.29) is 23.8 Å². The van der Waals surface area contributed by atoms with Gasteiger partial charge in [0.25, 0.3) is 0 Å². The zero-order valence-corrected chi connectivity index (χ0v) is 10.6. The summed E-state index contributed by atoms with van der Waals surface area (Å²) in [4.78, 5) is 23.1. The third-order valence-corrected chi connectivity index (χ3v) is 2.69. The molecule has 1 aromatic rings. The summed E-state index contributed by atoms with van der Waals surface area (Å²) in [6.45, 7) is 6.99. The number of aryl methyl sites for hydroxylation is 1. The van der Waals surface area contributed by atoms with Crippen LogP contribution in [0.3, 0.4) is 0 Å². The Morgan fingerprint density at radius 2 is 2.06 bits per heavy atom. The second kappa shape index (κ2) is 5.03. The van der Waals surface area contributed by atoms with E-state index in [1.165, 1.54) is 6.07 Å². The number of carbonyl (C=O) groups excluding carboxylic acids is 1. The average molecular weight is 238 g/mol. The molecule has 1 heterocycles. The molecule has 0 aliphatic heterocycles. The second-order valence-electron chi connectivity index (χ2n) is 4.40. The Kier molecular flexibility index (Phi) is 3.93. The number of nitrogens with one attached hydrogen (secondary N) is 1. The molecule has 0 radical (unpaired) electrons. The highest BCUT2D eigenvalue weighted by Crippen LogP contribution is 2.05. The molecule has 0 aliphatic rings. The largest absolute Gasteiger partial charge is 0.428 e. The first-order valence-electron chi connectivity index (χ1n) is 5.53. The first-order chi connectivity index (χ1) is 7.84. The number of aromatic nitrogens is 1. The molecular weight excluding hydrogens is 220 g/mol. The lowest BCUT2D eigenvalue weighted by Gasteiger charge is -2.13. The van der Waals surface area contributed by atoms with Crippen LogP contribution in [-0.4, -0.2) is 15.8 Å². The van der Waals surface area contributed by atoms with Crippen molar-refractivity contribution in [2.24, 2.45) is 5.92 Å². The maximum Gasteiger partial charge on any atom is 0.222 e. The lowest BCUT2D eigenvalue weighted by molar-refractivity contribution is -0.124. The van der Waals surface area contributed by atoms with E-state index in [1.54, 1.807) is 27.7 Å². The monoisotopic (exact) mass is 238 g/mol. The molecule has 1 amide bonds. The number of amides is 1. The maximum atomic E-state index is 11.7. The van der Waals surface area contributed by atoms with Crippen LogP contribution < -0.4 is 10.7 Å². The molecule has 0 spiro atoms. The Balaban J connectivity index is 2.97. The summed E-state index contributed by atoms with van der Waals surface area (Å²) >= 11 is 0. The van der Waals surface area contributed by atoms with E-state index in [1.807, 2.05) is 0 Å². The zero-order chi connectivity index (χ0) is 13.2. The fourth-order valence-electron chi connectivity index (χ4n) is 1.50. The van der Waals surface area contributed by atoms with Crippen molar-refractivity contribution in [1.82, 2.24) is 10.0 Å². The van der Waals surface area contributed by atoms with Crippen LogP contribution in [0.4, 0.5) is 0 Å². The van der Waals surface area contributed by atoms with Gasteiger partial charge >= 0.3 is 0 Å². The summed E-state index contributed by atoms with van der Waals surface area (Å²) in [5.74, 6) is -0.244. The van der Waals surface area contributed by atoms with E-state index in [9.17, 15) is 14.8 Å². The number of hydrogen-bond donors (Lipinski definition) is 2. The first-order valence-corrected chi connectivity index (χ1v) is 5.53. The molecule has 94 valence electrons. The molecule has 0 fully saturated rings. The van der Waals surface area contributed by atoms with E-state index >= 15 is 0 Å². The minimum Gasteiger partial charge on any atom is -0.428 e. The van der Waals surface area contributed by atoms with Crippen LogP contribution in [0.2, 0.25) is 0 Å². The lowest BCUT2D eigenvalue weighted by atomic mass is 10.1. The first kappa shape index (κ1) is 13.3. The van der Waals surface area contributed by atoms with Crippen LogP contribution in [0.15, 0.2) is 10.9 Å². The predicted molar refractivity (Wildman–Crippen MR) is 64.0 cm³/mol. The van der Waals surface area contributed by atoms with Crippen molar-refractivity contribution in [3.8, 4) is 0 Å². The van der Waals surface area contributed by atoms with E-state index in [0.29, 0.717) is 17.0 Å². The number of rotatable bonds is 3. The molecule has 1 rings (SSSR count). The van der Waals surface area contributed by atoms with Crippen LogP contribution >= 0.6 is 0 Å². The number of pyridine rings is 1. The van der Waals surface area contributed by atoms with Gasteiger partial charge in [0.15, 0.2) is 5.43 Å². The molecule has 0 saturated heterocycles. The van der Waals surface area contributed by atoms with E-state index in [0.717, 1.165) is 4.73 Å². The van der Waals surface area contributed by atoms with Crippen LogP contribution in [0.25, 0.3) is 0 Å². The normalized spacial score (nSPS) is 10.6. The fourth-order valence-corrected chi connectivity index (χ4v) is 1.50. The molecule has 5 heteroatoms. The van der Waals surface area contributed by atoms with Gasteiger partial charge in [-0.3, -0.25) is 9.59 Å². The van der Waals surface area contributed by atoms with Gasteiger partial charge in [-0.2, -0.15) is 4.73 Å². The third kappa shape index (κ3) is 2.87. The van der Waals surface area contributed by atoms with Crippen LogP contribution in [0.1, 0.15) is 30.8 Å². The summed E-state index contributed by atoms with van der Waals surface area (Å²) in [5.41, 5.74) is 1.17. The van der Waals surface area contributed by atoms with Gasteiger partial charge in [0, 0.05) is 24.1 Å². The molecule has 0 aromatic carbocycles. The van der Waals surface area contributed by atoms with Gasteiger partial charge in [0.05, 0.1) is 11.4 Å². The van der Waals surface area contributed by atoms with E-state index in [4.69, 9.17) is 0 Å². The smallest absolute Gasteiger partial charge is 0.222 e. The lowest BCUT2D eigenvalue weighted by Crippen LogP contribution is -2.31. The highest BCUT2D eigenvalue weighted by atomic mass is 16.5. The van der Waals surface area contributed by atoms with Crippen molar-refractivity contribution >= 4 is 5.91 Å². The highest BCUT2D eigenvalue weighted by Gasteiger charge is 2.12. The Morgan fingerprint density at radius 1 is 1.47 bits per heavy atom. The third-order valence-electron chi connectivity index (χ3n) is 2.69. The average Bonchev–Trinajstić information content (AvgIpc) is 2.25. The molecule has 0 unspecified atom stereocenters. The number of carbonyl (C=O) groups is 1. The number of hydrogen-bond acceptors (Lipinski definition) is 3. The maximum absolute atomic E-state index is 11.7. The summed E-state index contributed by atoms with van der Waals surface area (Å²) in [6.07, 6.45) is 0. The molecule has 0 atom stereocenters. The summed E-state index contributed by atoms with van der Waals surface area (Å²) in [5, 5.41) is 12.3. The van der Waals surface area contributed by atoms with Gasteiger partial charge in [0.1, 0.15) is 0 Å². The summed E-state index contributed by atoms with van der Waals surface area (Å²) in [7, 11) is 0. The van der Waals surface area contributed by atoms with Crippen molar-refractivity contribution in [2.45, 2.75) is 34.2 Å². The van der Waals surface area contributed by atoms with Gasteiger partial charge in [-0.1, -0.05) is 13.8 Å². The Morgan fingerprint density at radius 3 is 2.59 bits per heavy atom. The minimum absolute atomic E-state index is 0.117. The van der Waals surface area contributed by atoms with Crippen LogP contribution in [-0.2, 0) is 11.3 Å². The Bertz CT molecular complexity index is 489. The number of nitrogens with zero attached hydrogens (tertiary/aromatic N) is 1. The molecule has 0 aliphatic carbocycles. The van der Waals surface area contributed by atoms with Crippen molar-refractivity contribution in [1.29, 1.82) is 0 Å². The molecule has 2 N–H and O–H groups in total. The fraction of sp³-hybridized carbons (Fsp3) is 0.500. The van der Waals surface area contributed by atoms with E-state index < -0.39 is 0 Å².